The van der Waals surface area contributed by atoms with Crippen molar-refractivity contribution in [1.82, 2.24) is 4.57 Å². The van der Waals surface area contributed by atoms with Crippen molar-refractivity contribution in [3.63, 3.8) is 0 Å². The normalized spacial score (nSPS) is 12.3. The van der Waals surface area contributed by atoms with Crippen molar-refractivity contribution in [3.05, 3.63) is 200 Å². The fourth-order valence-electron chi connectivity index (χ4n) is 7.53. The van der Waals surface area contributed by atoms with Gasteiger partial charge in [0.2, 0.25) is 5.96 Å². The Morgan fingerprint density at radius 2 is 1.04 bits per heavy atom. The number of aromatic nitrogens is 1. The van der Waals surface area contributed by atoms with Crippen LogP contribution in [0.3, 0.4) is 0 Å². The number of aliphatic imine (C=N–C) groups is 2. The number of benzene rings is 7. The molecule has 244 valence electrons. The minimum absolute atomic E-state index is 0.530. The van der Waals surface area contributed by atoms with Crippen LogP contribution in [0, 0.1) is 0 Å². The van der Waals surface area contributed by atoms with Crippen LogP contribution in [0.4, 0.5) is 0 Å². The summed E-state index contributed by atoms with van der Waals surface area (Å²) in [5.41, 5.74) is 6.24. The maximum absolute atomic E-state index is 5.30. The van der Waals surface area contributed by atoms with Crippen LogP contribution in [0.1, 0.15) is 12.5 Å². The van der Waals surface area contributed by atoms with Crippen LogP contribution in [0.5, 0.6) is 0 Å². The first-order chi connectivity index (χ1) is 25.2. The van der Waals surface area contributed by atoms with Crippen molar-refractivity contribution in [1.29, 1.82) is 0 Å². The average molecular weight is 672 g/mol. The van der Waals surface area contributed by atoms with E-state index in [1.807, 2.05) is 13.0 Å². The summed E-state index contributed by atoms with van der Waals surface area (Å²) in [6.07, 6.45) is 2.07. The Labute approximate surface area is 300 Å². The van der Waals surface area contributed by atoms with E-state index in [1.54, 1.807) is 0 Å². The van der Waals surface area contributed by atoms with Gasteiger partial charge < -0.3 is 0 Å². The second-order valence-electron chi connectivity index (χ2n) is 12.6. The van der Waals surface area contributed by atoms with Gasteiger partial charge in [0.1, 0.15) is 0 Å². The molecule has 8 aromatic rings. The molecule has 0 fully saturated rings. The molecule has 4 heteroatoms. The van der Waals surface area contributed by atoms with Crippen LogP contribution in [-0.4, -0.2) is 25.3 Å². The van der Waals surface area contributed by atoms with Gasteiger partial charge in [-0.15, -0.1) is 0 Å². The second kappa shape index (κ2) is 13.9. The van der Waals surface area contributed by atoms with Crippen molar-refractivity contribution >= 4 is 69.0 Å². The van der Waals surface area contributed by atoms with Crippen molar-refractivity contribution in [2.75, 3.05) is 0 Å². The number of rotatable bonds is 7. The minimum Gasteiger partial charge on any atom is -0.278 e. The molecule has 51 heavy (non-hydrogen) atoms. The highest BCUT2D eigenvalue weighted by Gasteiger charge is 2.41. The second-order valence-corrected chi connectivity index (χ2v) is 16.4. The van der Waals surface area contributed by atoms with Gasteiger partial charge in [-0.1, -0.05) is 182 Å². The quantitative estimate of drug-likeness (QED) is 0.0702. The van der Waals surface area contributed by atoms with Gasteiger partial charge in [0.25, 0.3) is 0 Å². The largest absolute Gasteiger partial charge is 0.278 e. The number of para-hydroxylation sites is 1. The summed E-state index contributed by atoms with van der Waals surface area (Å²) in [6, 6.07) is 67.5. The zero-order valence-electron chi connectivity index (χ0n) is 28.5. The molecule has 1 aromatic heterocycles. The molecule has 0 aliphatic heterocycles. The molecule has 0 aliphatic carbocycles. The lowest BCUT2D eigenvalue weighted by atomic mass is 10.0. The SMILES string of the molecule is C=N/C(=N\C(=C/C)c1cccc([Si](c2ccccc2)(c2ccccc2)c2ccccc2)c1)n1c2ccccc2c2ccc(-c3ccccc3)cc21. The molecule has 7 aromatic carbocycles. The summed E-state index contributed by atoms with van der Waals surface area (Å²) in [4.78, 5) is 9.89. The Kier molecular flexibility index (Phi) is 8.67. The summed E-state index contributed by atoms with van der Waals surface area (Å²) in [7, 11) is -2.72. The van der Waals surface area contributed by atoms with Gasteiger partial charge in [-0.05, 0) is 63.2 Å². The summed E-state index contributed by atoms with van der Waals surface area (Å²) >= 11 is 0. The highest BCUT2D eigenvalue weighted by atomic mass is 28.3. The molecule has 0 saturated carbocycles. The zero-order chi connectivity index (χ0) is 34.6. The fourth-order valence-corrected chi connectivity index (χ4v) is 12.3. The first-order valence-corrected chi connectivity index (χ1v) is 19.3. The third-order valence-electron chi connectivity index (χ3n) is 9.83. The van der Waals surface area contributed by atoms with Crippen molar-refractivity contribution in [3.8, 4) is 11.1 Å². The number of allylic oxidation sites excluding steroid dienone is 1. The predicted molar refractivity (Wildman–Crippen MR) is 221 cm³/mol. The fraction of sp³-hybridized carbons (Fsp3) is 0.0213. The average Bonchev–Trinajstić information content (AvgIpc) is 3.54. The van der Waals surface area contributed by atoms with Gasteiger partial charge in [-0.3, -0.25) is 4.57 Å². The zero-order valence-corrected chi connectivity index (χ0v) is 29.5. The van der Waals surface area contributed by atoms with Crippen LogP contribution in [0.25, 0.3) is 38.6 Å². The molecule has 0 unspecified atom stereocenters. The van der Waals surface area contributed by atoms with E-state index in [4.69, 9.17) is 4.99 Å². The third-order valence-corrected chi connectivity index (χ3v) is 14.6. The topological polar surface area (TPSA) is 29.6 Å². The number of hydrogen-bond donors (Lipinski definition) is 0. The molecule has 0 saturated heterocycles. The molecule has 0 bridgehead atoms. The van der Waals surface area contributed by atoms with E-state index in [0.717, 1.165) is 44.2 Å². The van der Waals surface area contributed by atoms with Crippen LogP contribution in [0.2, 0.25) is 0 Å². The smallest absolute Gasteiger partial charge is 0.234 e. The van der Waals surface area contributed by atoms with Crippen LogP contribution in [-0.2, 0) is 0 Å². The first kappa shape index (κ1) is 31.9. The van der Waals surface area contributed by atoms with Crippen molar-refractivity contribution in [2.24, 2.45) is 9.98 Å². The Hall–Kier alpha value is -6.36. The maximum atomic E-state index is 5.30. The lowest BCUT2D eigenvalue weighted by molar-refractivity contribution is 1.22. The Bertz CT molecular complexity index is 2440. The van der Waals surface area contributed by atoms with E-state index in [2.05, 4.69) is 204 Å². The highest BCUT2D eigenvalue weighted by molar-refractivity contribution is 7.19. The number of hydrogen-bond acceptors (Lipinski definition) is 1. The third kappa shape index (κ3) is 5.66. The standard InChI is InChI=1S/C47H37N3Si/c1-3-44(49-47(48-2)50-45-30-17-16-29-42(45)43-32-31-36(34-46(43)50)35-19-8-4-9-20-35)37-21-18-28-41(33-37)51(38-22-10-5-11-23-38,39-24-12-6-13-25-39)40-26-14-7-15-27-40/h3-34H,2H2,1H3/b44-3-,49-47+. The highest BCUT2D eigenvalue weighted by Crippen LogP contribution is 2.33. The van der Waals surface area contributed by atoms with Gasteiger partial charge >= 0.3 is 0 Å². The summed E-state index contributed by atoms with van der Waals surface area (Å²) in [6.45, 7) is 6.09. The van der Waals surface area contributed by atoms with Crippen LogP contribution >= 0.6 is 0 Å². The Morgan fingerprint density at radius 1 is 0.510 bits per heavy atom. The molecule has 8 rings (SSSR count). The lowest BCUT2D eigenvalue weighted by Crippen LogP contribution is -2.74. The van der Waals surface area contributed by atoms with Gasteiger partial charge in [0.15, 0.2) is 8.07 Å². The van der Waals surface area contributed by atoms with Crippen molar-refractivity contribution in [2.45, 2.75) is 6.92 Å². The molecule has 0 spiro atoms. The van der Waals surface area contributed by atoms with E-state index in [0.29, 0.717) is 5.96 Å². The molecular formula is C47H37N3Si. The summed E-state index contributed by atoms with van der Waals surface area (Å²) in [5.74, 6) is 0.530. The van der Waals surface area contributed by atoms with Gasteiger partial charge in [-0.2, -0.15) is 0 Å². The van der Waals surface area contributed by atoms with Crippen LogP contribution in [0.15, 0.2) is 204 Å². The van der Waals surface area contributed by atoms with Gasteiger partial charge in [0.05, 0.1) is 16.7 Å². The van der Waals surface area contributed by atoms with Gasteiger partial charge in [0, 0.05) is 10.8 Å². The predicted octanol–water partition coefficient (Wildman–Crippen LogP) is 8.80. The van der Waals surface area contributed by atoms with E-state index < -0.39 is 8.07 Å². The van der Waals surface area contributed by atoms with E-state index in [-0.39, 0.29) is 0 Å². The van der Waals surface area contributed by atoms with Crippen LogP contribution < -0.4 is 20.7 Å². The van der Waals surface area contributed by atoms with Crippen molar-refractivity contribution < 1.29 is 0 Å². The number of fused-ring (bicyclic) bond motifs is 3. The molecule has 1 heterocycles. The Morgan fingerprint density at radius 3 is 1.63 bits per heavy atom. The molecule has 0 amide bonds. The molecule has 0 aliphatic rings. The van der Waals surface area contributed by atoms with E-state index in [9.17, 15) is 0 Å². The van der Waals surface area contributed by atoms with Gasteiger partial charge in [-0.25, -0.2) is 9.98 Å². The molecular weight excluding hydrogens is 635 g/mol. The van der Waals surface area contributed by atoms with E-state index in [1.165, 1.54) is 20.7 Å². The lowest BCUT2D eigenvalue weighted by Gasteiger charge is -2.34. The summed E-state index contributed by atoms with van der Waals surface area (Å²) < 4.78 is 2.15. The monoisotopic (exact) mass is 671 g/mol. The molecule has 0 radical (unpaired) electrons. The molecule has 3 nitrogen and oxygen atoms in total. The molecule has 0 atom stereocenters. The van der Waals surface area contributed by atoms with E-state index >= 15 is 0 Å². The summed E-state index contributed by atoms with van der Waals surface area (Å²) in [5, 5.41) is 7.58. The first-order valence-electron chi connectivity index (χ1n) is 17.3. The maximum Gasteiger partial charge on any atom is 0.234 e. The molecule has 0 N–H and O–H groups in total. The minimum atomic E-state index is -2.72. The number of nitrogens with zero attached hydrogens (tertiary/aromatic N) is 3. The Balaban J connectivity index is 1.32.